The molecule has 2 rings (SSSR count). The molecule has 0 aromatic heterocycles. The normalized spacial score (nSPS) is 18.5. The summed E-state index contributed by atoms with van der Waals surface area (Å²) in [4.78, 5) is 22.5. The third-order valence-electron chi connectivity index (χ3n) is 4.77. The van der Waals surface area contributed by atoms with Gasteiger partial charge in [-0.15, -0.1) is 13.2 Å². The number of hydrogen-bond donors (Lipinski definition) is 1. The molecule has 1 heterocycles. The highest BCUT2D eigenvalue weighted by atomic mass is 19.4. The van der Waals surface area contributed by atoms with Gasteiger partial charge in [0.05, 0.1) is 11.2 Å². The molecule has 0 unspecified atom stereocenters. The molecule has 0 radical (unpaired) electrons. The molecular formula is C19H23BF3NO5. The zero-order valence-electron chi connectivity index (χ0n) is 16.8. The summed E-state index contributed by atoms with van der Waals surface area (Å²) in [6.07, 6.45) is -2.97. The van der Waals surface area contributed by atoms with Gasteiger partial charge in [-0.05, 0) is 56.9 Å². The summed E-state index contributed by atoms with van der Waals surface area (Å²) >= 11 is 0. The summed E-state index contributed by atoms with van der Waals surface area (Å²) in [5.74, 6) is -0.823. The minimum atomic E-state index is -4.90. The summed E-state index contributed by atoms with van der Waals surface area (Å²) < 4.78 is 53.6. The monoisotopic (exact) mass is 413 g/mol. The van der Waals surface area contributed by atoms with Crippen LogP contribution in [0.5, 0.6) is 5.75 Å². The fourth-order valence-corrected chi connectivity index (χ4v) is 2.63. The van der Waals surface area contributed by atoms with E-state index in [-0.39, 0.29) is 23.6 Å². The lowest BCUT2D eigenvalue weighted by molar-refractivity contribution is -0.274. The van der Waals surface area contributed by atoms with Crippen LogP contribution in [0, 0.1) is 0 Å². The van der Waals surface area contributed by atoms with Gasteiger partial charge in [-0.1, -0.05) is 6.08 Å². The highest BCUT2D eigenvalue weighted by Gasteiger charge is 2.52. The van der Waals surface area contributed by atoms with Gasteiger partial charge in [-0.2, -0.15) is 0 Å². The van der Waals surface area contributed by atoms with E-state index in [4.69, 9.17) is 9.31 Å². The molecule has 1 amide bonds. The lowest BCUT2D eigenvalue weighted by Crippen LogP contribution is -2.41. The Morgan fingerprint density at radius 2 is 1.69 bits per heavy atom. The largest absolute Gasteiger partial charge is 0.573 e. The van der Waals surface area contributed by atoms with E-state index in [2.05, 4.69) is 10.1 Å². The molecule has 6 nitrogen and oxygen atoms in total. The first-order chi connectivity index (χ1) is 13.2. The molecule has 10 heteroatoms. The molecular weight excluding hydrogens is 390 g/mol. The van der Waals surface area contributed by atoms with E-state index in [1.54, 1.807) is 0 Å². The zero-order valence-corrected chi connectivity index (χ0v) is 16.8. The van der Waals surface area contributed by atoms with Crippen molar-refractivity contribution in [2.24, 2.45) is 0 Å². The average molecular weight is 413 g/mol. The quantitative estimate of drug-likeness (QED) is 0.571. The lowest BCUT2D eigenvalue weighted by Gasteiger charge is -2.32. The van der Waals surface area contributed by atoms with Crippen LogP contribution < -0.4 is 10.1 Å². The van der Waals surface area contributed by atoms with Crippen molar-refractivity contribution in [2.75, 3.05) is 6.54 Å². The molecule has 29 heavy (non-hydrogen) atoms. The van der Waals surface area contributed by atoms with Crippen molar-refractivity contribution in [2.45, 2.75) is 52.2 Å². The molecule has 1 saturated heterocycles. The number of carbonyl (C=O) groups is 2. The van der Waals surface area contributed by atoms with Crippen LogP contribution in [0.25, 0.3) is 6.08 Å². The summed E-state index contributed by atoms with van der Waals surface area (Å²) in [6.45, 7) is 8.80. The number of benzene rings is 1. The minimum absolute atomic E-state index is 0.00537. The highest BCUT2D eigenvalue weighted by Crippen LogP contribution is 2.39. The maximum atomic E-state index is 12.6. The van der Waals surface area contributed by atoms with Crippen molar-refractivity contribution >= 4 is 25.4 Å². The third kappa shape index (κ3) is 6.07. The van der Waals surface area contributed by atoms with E-state index < -0.39 is 30.4 Å². The Morgan fingerprint density at radius 1 is 1.14 bits per heavy atom. The maximum Gasteiger partial charge on any atom is 0.573 e. The summed E-state index contributed by atoms with van der Waals surface area (Å²) in [5, 5.41) is 2.63. The van der Waals surface area contributed by atoms with Crippen LogP contribution in [0.1, 0.15) is 50.5 Å². The van der Waals surface area contributed by atoms with Crippen LogP contribution >= 0.6 is 0 Å². The number of hydrogen-bond acceptors (Lipinski definition) is 5. The molecule has 158 valence electrons. The van der Waals surface area contributed by atoms with Crippen molar-refractivity contribution in [1.29, 1.82) is 0 Å². The van der Waals surface area contributed by atoms with Gasteiger partial charge >= 0.3 is 13.5 Å². The summed E-state index contributed by atoms with van der Waals surface area (Å²) in [5.41, 5.74) is -0.556. The van der Waals surface area contributed by atoms with Crippen LogP contribution in [0.3, 0.4) is 0 Å². The first-order valence-corrected chi connectivity index (χ1v) is 8.89. The maximum absolute atomic E-state index is 12.6. The Kier molecular flexibility index (Phi) is 6.49. The fraction of sp³-hybridized carbons (Fsp3) is 0.474. The van der Waals surface area contributed by atoms with Crippen molar-refractivity contribution in [3.05, 3.63) is 34.8 Å². The second kappa shape index (κ2) is 8.20. The molecule has 1 fully saturated rings. The second-order valence-electron chi connectivity index (χ2n) is 7.72. The van der Waals surface area contributed by atoms with Crippen molar-refractivity contribution in [3.63, 3.8) is 0 Å². The number of halogens is 3. The Bertz CT molecular complexity index is 805. The van der Waals surface area contributed by atoms with Crippen LogP contribution in [-0.2, 0) is 14.1 Å². The predicted octanol–water partition coefficient (Wildman–Crippen LogP) is 3.55. The van der Waals surface area contributed by atoms with E-state index in [0.717, 1.165) is 12.1 Å². The molecule has 1 aliphatic heterocycles. The molecule has 1 aromatic rings. The van der Waals surface area contributed by atoms with Crippen LogP contribution in [0.4, 0.5) is 13.2 Å². The van der Waals surface area contributed by atoms with Crippen molar-refractivity contribution in [1.82, 2.24) is 5.32 Å². The van der Waals surface area contributed by atoms with Crippen molar-refractivity contribution in [3.8, 4) is 5.75 Å². The molecule has 0 atom stereocenters. The van der Waals surface area contributed by atoms with Gasteiger partial charge in [-0.3, -0.25) is 9.59 Å². The van der Waals surface area contributed by atoms with Crippen LogP contribution in [0.15, 0.2) is 23.7 Å². The number of amides is 1. The average Bonchev–Trinajstić information content (AvgIpc) is 2.77. The van der Waals surface area contributed by atoms with Gasteiger partial charge in [0.25, 0.3) is 0 Å². The number of alkyl halides is 3. The molecule has 1 aliphatic rings. The van der Waals surface area contributed by atoms with Gasteiger partial charge in [0, 0.05) is 19.0 Å². The number of nitrogens with one attached hydrogen (secondary N) is 1. The van der Waals surface area contributed by atoms with Gasteiger partial charge in [-0.25, -0.2) is 0 Å². The Balaban J connectivity index is 2.44. The SMILES string of the molecule is CC(=O)NCC(=Cc1cc(C=O)cc(OC(F)(F)F)c1)B1OC(C)(C)C(C)(C)O1. The Hall–Kier alpha value is -2.33. The fourth-order valence-electron chi connectivity index (χ4n) is 2.63. The Labute approximate surface area is 167 Å². The van der Waals surface area contributed by atoms with E-state index in [1.165, 1.54) is 19.1 Å². The van der Waals surface area contributed by atoms with Crippen LogP contribution in [0.2, 0.25) is 0 Å². The topological polar surface area (TPSA) is 73.9 Å². The molecule has 0 saturated carbocycles. The first-order valence-electron chi connectivity index (χ1n) is 8.89. The predicted molar refractivity (Wildman–Crippen MR) is 101 cm³/mol. The van der Waals surface area contributed by atoms with Gasteiger partial charge < -0.3 is 19.4 Å². The van der Waals surface area contributed by atoms with Gasteiger partial charge in [0.15, 0.2) is 0 Å². The second-order valence-corrected chi connectivity index (χ2v) is 7.72. The van der Waals surface area contributed by atoms with E-state index in [9.17, 15) is 22.8 Å². The van der Waals surface area contributed by atoms with Crippen LogP contribution in [-0.4, -0.2) is 43.4 Å². The van der Waals surface area contributed by atoms with Gasteiger partial charge in [0.1, 0.15) is 12.0 Å². The number of rotatable bonds is 6. The van der Waals surface area contributed by atoms with E-state index in [0.29, 0.717) is 11.8 Å². The summed E-state index contributed by atoms with van der Waals surface area (Å²) in [7, 11) is -0.835. The molecule has 0 aliphatic carbocycles. The van der Waals surface area contributed by atoms with Crippen molar-refractivity contribution < 1.29 is 36.8 Å². The number of aldehydes is 1. The molecule has 0 bridgehead atoms. The molecule has 0 spiro atoms. The van der Waals surface area contributed by atoms with E-state index in [1.807, 2.05) is 27.7 Å². The number of ether oxygens (including phenoxy) is 1. The summed E-state index contributed by atoms with van der Waals surface area (Å²) in [6, 6.07) is 3.52. The van der Waals surface area contributed by atoms with E-state index >= 15 is 0 Å². The minimum Gasteiger partial charge on any atom is -0.406 e. The Morgan fingerprint density at radius 3 is 2.17 bits per heavy atom. The molecule has 1 aromatic carbocycles. The van der Waals surface area contributed by atoms with Gasteiger partial charge in [0.2, 0.25) is 5.91 Å². The first kappa shape index (κ1) is 23.0. The zero-order chi connectivity index (χ0) is 22.0. The lowest BCUT2D eigenvalue weighted by atomic mass is 9.77. The third-order valence-corrected chi connectivity index (χ3v) is 4.77. The standard InChI is InChI=1S/C19H23BF3NO5/c1-12(26)24-10-15(20-28-17(2,3)18(4,5)29-20)7-13-6-14(11-25)9-16(8-13)27-19(21,22)23/h6-9,11H,10H2,1-5H3,(H,24,26). The molecule has 1 N–H and O–H groups in total. The highest BCUT2D eigenvalue weighted by molar-refractivity contribution is 6.56. The number of carbonyl (C=O) groups excluding carboxylic acids is 2. The smallest absolute Gasteiger partial charge is 0.406 e.